The van der Waals surface area contributed by atoms with E-state index in [2.05, 4.69) is 52.4 Å². The number of hydrogen-bond donors (Lipinski definition) is 1. The summed E-state index contributed by atoms with van der Waals surface area (Å²) in [5.74, 6) is 0.699. The Labute approximate surface area is 151 Å². The standard InChI is InChI=1S/C20H25N3.ClH/c21-20(22-16-18-10-5-2-6-11-18)23-15-7-12-19(23)14-13-17-8-3-1-4-9-17;/h1-6,8-11,19H,7,12-16H2,(H2,21,22);1H. The number of likely N-dealkylation sites (tertiary alicyclic amines) is 1. The van der Waals surface area contributed by atoms with E-state index in [-0.39, 0.29) is 12.4 Å². The van der Waals surface area contributed by atoms with Crippen LogP contribution in [0.4, 0.5) is 0 Å². The van der Waals surface area contributed by atoms with Crippen molar-refractivity contribution in [3.05, 3.63) is 71.8 Å². The van der Waals surface area contributed by atoms with Gasteiger partial charge in [-0.25, -0.2) is 4.99 Å². The Balaban J connectivity index is 0.00000208. The molecule has 1 atom stereocenters. The zero-order valence-electron chi connectivity index (χ0n) is 14.0. The van der Waals surface area contributed by atoms with Gasteiger partial charge in [0.15, 0.2) is 5.96 Å². The number of halogens is 1. The second-order valence-electron chi connectivity index (χ2n) is 6.17. The van der Waals surface area contributed by atoms with Crippen LogP contribution in [0.25, 0.3) is 0 Å². The van der Waals surface area contributed by atoms with E-state index in [1.54, 1.807) is 0 Å². The minimum atomic E-state index is 0. The van der Waals surface area contributed by atoms with E-state index in [0.717, 1.165) is 19.4 Å². The van der Waals surface area contributed by atoms with Crippen molar-refractivity contribution in [2.45, 2.75) is 38.3 Å². The van der Waals surface area contributed by atoms with Crippen molar-refractivity contribution in [2.75, 3.05) is 6.54 Å². The molecule has 0 aliphatic carbocycles. The van der Waals surface area contributed by atoms with Gasteiger partial charge in [0, 0.05) is 12.6 Å². The van der Waals surface area contributed by atoms with Crippen molar-refractivity contribution in [2.24, 2.45) is 10.7 Å². The fourth-order valence-electron chi connectivity index (χ4n) is 3.26. The van der Waals surface area contributed by atoms with Crippen molar-refractivity contribution in [3.63, 3.8) is 0 Å². The number of benzene rings is 2. The summed E-state index contributed by atoms with van der Waals surface area (Å²) in [7, 11) is 0. The molecule has 4 heteroatoms. The number of rotatable bonds is 5. The molecule has 3 rings (SSSR count). The molecule has 0 radical (unpaired) electrons. The van der Waals surface area contributed by atoms with E-state index in [1.807, 2.05) is 18.2 Å². The topological polar surface area (TPSA) is 41.6 Å². The molecule has 0 saturated carbocycles. The lowest BCUT2D eigenvalue weighted by Crippen LogP contribution is -2.41. The highest BCUT2D eigenvalue weighted by molar-refractivity contribution is 5.85. The third kappa shape index (κ3) is 5.00. The van der Waals surface area contributed by atoms with E-state index in [9.17, 15) is 0 Å². The Morgan fingerprint density at radius 2 is 1.62 bits per heavy atom. The SMILES string of the molecule is Cl.NC(=NCc1ccccc1)N1CCCC1CCc1ccccc1. The highest BCUT2D eigenvalue weighted by atomic mass is 35.5. The van der Waals surface area contributed by atoms with Gasteiger partial charge in [-0.1, -0.05) is 60.7 Å². The van der Waals surface area contributed by atoms with Gasteiger partial charge >= 0.3 is 0 Å². The minimum absolute atomic E-state index is 0. The summed E-state index contributed by atoms with van der Waals surface area (Å²) < 4.78 is 0. The number of hydrogen-bond acceptors (Lipinski definition) is 1. The predicted octanol–water partition coefficient (Wildman–Crippen LogP) is 4.02. The van der Waals surface area contributed by atoms with Crippen LogP contribution in [0, 0.1) is 0 Å². The van der Waals surface area contributed by atoms with Crippen LogP contribution < -0.4 is 5.73 Å². The molecule has 0 amide bonds. The third-order valence-electron chi connectivity index (χ3n) is 4.55. The number of aliphatic imine (C=N–C) groups is 1. The molecule has 1 aliphatic heterocycles. The maximum Gasteiger partial charge on any atom is 0.191 e. The molecule has 2 N–H and O–H groups in total. The van der Waals surface area contributed by atoms with Gasteiger partial charge < -0.3 is 10.6 Å². The van der Waals surface area contributed by atoms with Crippen molar-refractivity contribution >= 4 is 18.4 Å². The van der Waals surface area contributed by atoms with Crippen LogP contribution in [0.1, 0.15) is 30.4 Å². The zero-order valence-corrected chi connectivity index (χ0v) is 14.8. The summed E-state index contributed by atoms with van der Waals surface area (Å²) in [4.78, 5) is 6.90. The largest absolute Gasteiger partial charge is 0.370 e. The molecule has 0 spiro atoms. The Hall–Kier alpha value is -2.00. The van der Waals surface area contributed by atoms with Crippen molar-refractivity contribution in [1.82, 2.24) is 4.90 Å². The zero-order chi connectivity index (χ0) is 15.9. The molecule has 1 fully saturated rings. The van der Waals surface area contributed by atoms with Gasteiger partial charge in [0.1, 0.15) is 0 Å². The average Bonchev–Trinajstić information content (AvgIpc) is 3.08. The highest BCUT2D eigenvalue weighted by Gasteiger charge is 2.25. The van der Waals surface area contributed by atoms with Gasteiger partial charge in [0.05, 0.1) is 6.54 Å². The molecule has 24 heavy (non-hydrogen) atoms. The molecule has 3 nitrogen and oxygen atoms in total. The van der Waals surface area contributed by atoms with Gasteiger partial charge in [-0.05, 0) is 36.8 Å². The number of guanidine groups is 1. The molecular formula is C20H26ClN3. The Morgan fingerprint density at radius 1 is 1.00 bits per heavy atom. The average molecular weight is 344 g/mol. The van der Waals surface area contributed by atoms with Gasteiger partial charge in [0.25, 0.3) is 0 Å². The summed E-state index contributed by atoms with van der Waals surface area (Å²) in [6.07, 6.45) is 4.68. The maximum absolute atomic E-state index is 6.26. The molecule has 128 valence electrons. The first-order valence-electron chi connectivity index (χ1n) is 8.47. The van der Waals surface area contributed by atoms with Crippen LogP contribution in [0.5, 0.6) is 0 Å². The summed E-state index contributed by atoms with van der Waals surface area (Å²) in [6.45, 7) is 1.69. The van der Waals surface area contributed by atoms with Crippen LogP contribution in [0.15, 0.2) is 65.7 Å². The van der Waals surface area contributed by atoms with Gasteiger partial charge in [-0.3, -0.25) is 0 Å². The van der Waals surface area contributed by atoms with Crippen molar-refractivity contribution < 1.29 is 0 Å². The third-order valence-corrected chi connectivity index (χ3v) is 4.55. The number of nitrogens with two attached hydrogens (primary N) is 1. The molecule has 1 unspecified atom stereocenters. The van der Waals surface area contributed by atoms with Crippen LogP contribution in [-0.4, -0.2) is 23.4 Å². The smallest absolute Gasteiger partial charge is 0.191 e. The highest BCUT2D eigenvalue weighted by Crippen LogP contribution is 2.21. The lowest BCUT2D eigenvalue weighted by atomic mass is 10.0. The second-order valence-corrected chi connectivity index (χ2v) is 6.17. The molecule has 1 heterocycles. The van der Waals surface area contributed by atoms with Crippen molar-refractivity contribution in [3.8, 4) is 0 Å². The van der Waals surface area contributed by atoms with Crippen molar-refractivity contribution in [1.29, 1.82) is 0 Å². The van der Waals surface area contributed by atoms with E-state index >= 15 is 0 Å². The first-order chi connectivity index (χ1) is 11.3. The molecule has 2 aromatic rings. The fourth-order valence-corrected chi connectivity index (χ4v) is 3.26. The molecule has 1 saturated heterocycles. The molecule has 0 bridgehead atoms. The monoisotopic (exact) mass is 343 g/mol. The van der Waals surface area contributed by atoms with E-state index in [0.29, 0.717) is 18.5 Å². The van der Waals surface area contributed by atoms with Gasteiger partial charge in [-0.2, -0.15) is 0 Å². The van der Waals surface area contributed by atoms with Crippen LogP contribution in [-0.2, 0) is 13.0 Å². The lowest BCUT2D eigenvalue weighted by molar-refractivity contribution is 0.364. The first kappa shape index (κ1) is 18.3. The van der Waals surface area contributed by atoms with E-state index in [4.69, 9.17) is 5.73 Å². The number of nitrogens with zero attached hydrogens (tertiary/aromatic N) is 2. The molecule has 2 aromatic carbocycles. The predicted molar refractivity (Wildman–Crippen MR) is 104 cm³/mol. The molecule has 0 aromatic heterocycles. The minimum Gasteiger partial charge on any atom is -0.370 e. The Bertz CT molecular complexity index is 628. The lowest BCUT2D eigenvalue weighted by Gasteiger charge is -2.25. The molecular weight excluding hydrogens is 318 g/mol. The van der Waals surface area contributed by atoms with E-state index < -0.39 is 0 Å². The van der Waals surface area contributed by atoms with Crippen LogP contribution in [0.3, 0.4) is 0 Å². The van der Waals surface area contributed by atoms with Crippen LogP contribution in [0.2, 0.25) is 0 Å². The summed E-state index contributed by atoms with van der Waals surface area (Å²) in [5.41, 5.74) is 8.87. The van der Waals surface area contributed by atoms with Crippen LogP contribution >= 0.6 is 12.4 Å². The Kier molecular flexibility index (Phi) is 7.13. The number of aryl methyl sites for hydroxylation is 1. The van der Waals surface area contributed by atoms with E-state index in [1.165, 1.54) is 24.0 Å². The van der Waals surface area contributed by atoms with Gasteiger partial charge in [0.2, 0.25) is 0 Å². The summed E-state index contributed by atoms with van der Waals surface area (Å²) in [5, 5.41) is 0. The second kappa shape index (κ2) is 9.33. The first-order valence-corrected chi connectivity index (χ1v) is 8.47. The normalized spacial score (nSPS) is 17.6. The fraction of sp³-hybridized carbons (Fsp3) is 0.350. The molecule has 1 aliphatic rings. The summed E-state index contributed by atoms with van der Waals surface area (Å²) in [6, 6.07) is 21.5. The van der Waals surface area contributed by atoms with Gasteiger partial charge in [-0.15, -0.1) is 12.4 Å². The Morgan fingerprint density at radius 3 is 2.29 bits per heavy atom. The summed E-state index contributed by atoms with van der Waals surface area (Å²) >= 11 is 0. The quantitative estimate of drug-likeness (QED) is 0.658. The maximum atomic E-state index is 6.26.